The number of sulfonamides is 1. The van der Waals surface area contributed by atoms with Gasteiger partial charge in [-0.3, -0.25) is 0 Å². The van der Waals surface area contributed by atoms with Crippen LogP contribution >= 0.6 is 0 Å². The third kappa shape index (κ3) is 6.70. The van der Waals surface area contributed by atoms with E-state index in [0.717, 1.165) is 12.1 Å². The molecule has 1 aromatic rings. The Morgan fingerprint density at radius 1 is 1.33 bits per heavy atom. The molecule has 0 aromatic heterocycles. The number of likely N-dealkylation sites (N-methyl/N-ethyl adjacent to an activating group) is 1. The van der Waals surface area contributed by atoms with Gasteiger partial charge in [0.1, 0.15) is 0 Å². The first kappa shape index (κ1) is 19.1. The van der Waals surface area contributed by atoms with Crippen molar-refractivity contribution in [2.24, 2.45) is 0 Å². The molecule has 24 heavy (non-hydrogen) atoms. The maximum atomic E-state index is 12.3. The molecule has 1 saturated heterocycles. The number of nitrogens with zero attached hydrogens (tertiary/aromatic N) is 1. The predicted molar refractivity (Wildman–Crippen MR) is 95.0 cm³/mol. The molecule has 6 nitrogen and oxygen atoms in total. The van der Waals surface area contributed by atoms with Crippen LogP contribution in [0.15, 0.2) is 35.7 Å². The molecule has 2 atom stereocenters. The summed E-state index contributed by atoms with van der Waals surface area (Å²) in [6.45, 7) is 2.26. The predicted octanol–water partition coefficient (Wildman–Crippen LogP) is 1.31. The molecule has 0 aliphatic carbocycles. The van der Waals surface area contributed by atoms with Gasteiger partial charge in [0.15, 0.2) is 0 Å². The molecule has 134 valence electrons. The lowest BCUT2D eigenvalue weighted by molar-refractivity contribution is -0.0665. The number of nitrogens with one attached hydrogen (secondary N) is 1. The maximum absolute atomic E-state index is 12.3. The zero-order chi connectivity index (χ0) is 17.4. The molecule has 0 spiro atoms. The smallest absolute Gasteiger partial charge is 0.234 e. The Labute approximate surface area is 144 Å². The highest BCUT2D eigenvalue weighted by Crippen LogP contribution is 2.13. The second-order valence-corrected chi connectivity index (χ2v) is 7.66. The van der Waals surface area contributed by atoms with E-state index in [4.69, 9.17) is 9.47 Å². The van der Waals surface area contributed by atoms with Crippen molar-refractivity contribution in [3.05, 3.63) is 41.3 Å². The fourth-order valence-electron chi connectivity index (χ4n) is 2.38. The molecular weight excluding hydrogens is 328 g/mol. The van der Waals surface area contributed by atoms with Crippen LogP contribution in [0.2, 0.25) is 0 Å². The van der Waals surface area contributed by atoms with Crippen LogP contribution in [0.5, 0.6) is 0 Å². The molecular formula is C17H26N2O4S. The summed E-state index contributed by atoms with van der Waals surface area (Å²) in [5, 5.41) is 1.20. The van der Waals surface area contributed by atoms with E-state index in [2.05, 4.69) is 4.72 Å². The molecule has 7 heteroatoms. The summed E-state index contributed by atoms with van der Waals surface area (Å²) in [7, 11) is 0.405. The lowest BCUT2D eigenvalue weighted by Crippen LogP contribution is -2.49. The minimum Gasteiger partial charge on any atom is -0.379 e. The molecule has 2 rings (SSSR count). The summed E-state index contributed by atoms with van der Waals surface area (Å²) in [5.41, 5.74) is 0.841. The summed E-state index contributed by atoms with van der Waals surface area (Å²) in [6.07, 6.45) is 1.92. The summed E-state index contributed by atoms with van der Waals surface area (Å²) in [4.78, 5) is 2.02. The quantitative estimate of drug-likeness (QED) is 0.762. The van der Waals surface area contributed by atoms with Crippen LogP contribution in [0, 0.1) is 0 Å². The van der Waals surface area contributed by atoms with Gasteiger partial charge in [0.05, 0.1) is 25.4 Å². The van der Waals surface area contributed by atoms with Gasteiger partial charge in [-0.15, -0.1) is 0 Å². The van der Waals surface area contributed by atoms with E-state index < -0.39 is 10.0 Å². The molecule has 0 saturated carbocycles. The normalized spacial score (nSPS) is 22.3. The third-order valence-electron chi connectivity index (χ3n) is 3.73. The highest BCUT2D eigenvalue weighted by atomic mass is 32.2. The summed E-state index contributed by atoms with van der Waals surface area (Å²) in [5.74, 6) is 0. The van der Waals surface area contributed by atoms with Crippen molar-refractivity contribution in [2.45, 2.75) is 18.6 Å². The molecule has 1 N–H and O–H groups in total. The van der Waals surface area contributed by atoms with Gasteiger partial charge in [-0.25, -0.2) is 13.1 Å². The van der Waals surface area contributed by atoms with E-state index >= 15 is 0 Å². The summed E-state index contributed by atoms with van der Waals surface area (Å²) in [6, 6.07) is 9.06. The van der Waals surface area contributed by atoms with E-state index in [1.54, 1.807) is 6.08 Å². The van der Waals surface area contributed by atoms with Crippen molar-refractivity contribution in [3.8, 4) is 0 Å². The van der Waals surface area contributed by atoms with Gasteiger partial charge in [-0.05, 0) is 32.2 Å². The van der Waals surface area contributed by atoms with Crippen molar-refractivity contribution < 1.29 is 17.9 Å². The lowest BCUT2D eigenvalue weighted by atomic mass is 10.1. The van der Waals surface area contributed by atoms with E-state index in [9.17, 15) is 8.42 Å². The maximum Gasteiger partial charge on any atom is 0.234 e. The Kier molecular flexibility index (Phi) is 7.39. The van der Waals surface area contributed by atoms with Crippen LogP contribution in [-0.2, 0) is 19.5 Å². The fraction of sp³-hybridized carbons (Fsp3) is 0.529. The van der Waals surface area contributed by atoms with Gasteiger partial charge in [-0.1, -0.05) is 30.3 Å². The average molecular weight is 354 g/mol. The van der Waals surface area contributed by atoms with Gasteiger partial charge in [0.25, 0.3) is 0 Å². The SMILES string of the molecule is CN(C)CCO[C@@H]1COCC[C@H]1NS(=O)(=O)C=Cc1ccccc1. The van der Waals surface area contributed by atoms with Gasteiger partial charge >= 0.3 is 0 Å². The van der Waals surface area contributed by atoms with Crippen molar-refractivity contribution >= 4 is 16.1 Å². The lowest BCUT2D eigenvalue weighted by Gasteiger charge is -2.31. The minimum atomic E-state index is -3.53. The van der Waals surface area contributed by atoms with Gasteiger partial charge in [0, 0.05) is 18.6 Å². The number of benzene rings is 1. The standard InChI is InChI=1S/C17H26N2O4S/c1-19(2)10-12-23-17-14-22-11-8-16(17)18-24(20,21)13-9-15-6-4-3-5-7-15/h3-7,9,13,16-18H,8,10-12,14H2,1-2H3/t16-,17-/m1/s1. The molecule has 1 aliphatic rings. The van der Waals surface area contributed by atoms with E-state index in [1.807, 2.05) is 49.3 Å². The second-order valence-electron chi connectivity index (χ2n) is 6.06. The Bertz CT molecular complexity index is 617. The number of hydrogen-bond donors (Lipinski definition) is 1. The van der Waals surface area contributed by atoms with Crippen LogP contribution in [0.1, 0.15) is 12.0 Å². The topological polar surface area (TPSA) is 67.9 Å². The van der Waals surface area contributed by atoms with Gasteiger partial charge in [0.2, 0.25) is 10.0 Å². The van der Waals surface area contributed by atoms with Crippen LogP contribution in [0.4, 0.5) is 0 Å². The van der Waals surface area contributed by atoms with Crippen LogP contribution < -0.4 is 4.72 Å². The molecule has 1 heterocycles. The van der Waals surface area contributed by atoms with E-state index in [1.165, 1.54) is 5.41 Å². The van der Waals surface area contributed by atoms with Crippen LogP contribution in [0.3, 0.4) is 0 Å². The monoisotopic (exact) mass is 354 g/mol. The fourth-order valence-corrected chi connectivity index (χ4v) is 3.49. The average Bonchev–Trinajstić information content (AvgIpc) is 2.55. The van der Waals surface area contributed by atoms with Crippen molar-refractivity contribution in [1.29, 1.82) is 0 Å². The number of rotatable bonds is 8. The summed E-state index contributed by atoms with van der Waals surface area (Å²) < 4.78 is 38.5. The van der Waals surface area contributed by atoms with Crippen LogP contribution in [0.25, 0.3) is 6.08 Å². The molecule has 1 aliphatic heterocycles. The first-order valence-corrected chi connectivity index (χ1v) is 9.60. The molecule has 0 amide bonds. The molecule has 0 bridgehead atoms. The van der Waals surface area contributed by atoms with Gasteiger partial charge < -0.3 is 14.4 Å². The highest BCUT2D eigenvalue weighted by Gasteiger charge is 2.29. The second kappa shape index (κ2) is 9.29. The minimum absolute atomic E-state index is 0.265. The Morgan fingerprint density at radius 2 is 2.08 bits per heavy atom. The van der Waals surface area contributed by atoms with E-state index in [-0.39, 0.29) is 12.1 Å². The van der Waals surface area contributed by atoms with Crippen molar-refractivity contribution in [3.63, 3.8) is 0 Å². The zero-order valence-electron chi connectivity index (χ0n) is 14.2. The largest absolute Gasteiger partial charge is 0.379 e. The molecule has 1 fully saturated rings. The first-order valence-electron chi connectivity index (χ1n) is 8.06. The Balaban J connectivity index is 1.93. The Hall–Kier alpha value is -1.25. The first-order chi connectivity index (χ1) is 11.5. The Morgan fingerprint density at radius 3 is 2.79 bits per heavy atom. The van der Waals surface area contributed by atoms with Crippen molar-refractivity contribution in [1.82, 2.24) is 9.62 Å². The number of hydrogen-bond acceptors (Lipinski definition) is 5. The van der Waals surface area contributed by atoms with E-state index in [0.29, 0.717) is 26.2 Å². The molecule has 0 unspecified atom stereocenters. The summed E-state index contributed by atoms with van der Waals surface area (Å²) >= 11 is 0. The van der Waals surface area contributed by atoms with Crippen LogP contribution in [-0.4, -0.2) is 65.9 Å². The zero-order valence-corrected chi connectivity index (χ0v) is 15.0. The molecule has 1 aromatic carbocycles. The van der Waals surface area contributed by atoms with Crippen molar-refractivity contribution in [2.75, 3.05) is 40.5 Å². The number of ether oxygens (including phenoxy) is 2. The third-order valence-corrected chi connectivity index (χ3v) is 4.86. The highest BCUT2D eigenvalue weighted by molar-refractivity contribution is 7.92. The molecule has 0 radical (unpaired) electrons. The van der Waals surface area contributed by atoms with Gasteiger partial charge in [-0.2, -0.15) is 0 Å².